The van der Waals surface area contributed by atoms with E-state index in [1.807, 2.05) is 18.2 Å². The van der Waals surface area contributed by atoms with E-state index >= 15 is 0 Å². The van der Waals surface area contributed by atoms with E-state index in [0.29, 0.717) is 5.56 Å². The summed E-state index contributed by atoms with van der Waals surface area (Å²) in [6.45, 7) is 6.56. The second-order valence-electron chi connectivity index (χ2n) is 7.39. The number of hydrogen-bond donors (Lipinski definition) is 1. The molecule has 5 nitrogen and oxygen atoms in total. The van der Waals surface area contributed by atoms with Gasteiger partial charge in [-0.2, -0.15) is 0 Å². The van der Waals surface area contributed by atoms with Gasteiger partial charge < -0.3 is 10.2 Å². The maximum atomic E-state index is 12.3. The van der Waals surface area contributed by atoms with Crippen LogP contribution in [-0.4, -0.2) is 29.0 Å². The van der Waals surface area contributed by atoms with Gasteiger partial charge in [-0.3, -0.25) is 9.78 Å². The number of piperidine rings is 1. The zero-order valence-electron chi connectivity index (χ0n) is 15.8. The van der Waals surface area contributed by atoms with Crippen molar-refractivity contribution >= 4 is 28.3 Å². The van der Waals surface area contributed by atoms with E-state index in [1.165, 1.54) is 18.4 Å². The summed E-state index contributed by atoms with van der Waals surface area (Å²) in [6.07, 6.45) is 5.66. The number of carbonyl (C=O) groups excluding carboxylic acids is 1. The topological polar surface area (TPSA) is 58.1 Å². The Labute approximate surface area is 159 Å². The lowest BCUT2D eigenvalue weighted by Crippen LogP contribution is -2.33. The normalized spacial score (nSPS) is 15.1. The van der Waals surface area contributed by atoms with Crippen LogP contribution >= 0.6 is 0 Å². The lowest BCUT2D eigenvalue weighted by Gasteiger charge is -2.31. The lowest BCUT2D eigenvalue weighted by atomic mass is 9.99. The molecule has 3 aromatic rings. The van der Waals surface area contributed by atoms with Crippen LogP contribution < -0.4 is 10.2 Å². The smallest absolute Gasteiger partial charge is 0.257 e. The molecule has 27 heavy (non-hydrogen) atoms. The van der Waals surface area contributed by atoms with Crippen LogP contribution in [0, 0.1) is 12.8 Å². The maximum Gasteiger partial charge on any atom is 0.257 e. The van der Waals surface area contributed by atoms with Crippen molar-refractivity contribution in [1.29, 1.82) is 0 Å². The molecule has 1 N–H and O–H groups in total. The number of fused-ring (bicyclic) bond motifs is 1. The summed E-state index contributed by atoms with van der Waals surface area (Å²) in [5, 5.41) is 4.01. The largest absolute Gasteiger partial charge is 0.357 e. The number of carbonyl (C=O) groups is 1. The zero-order valence-corrected chi connectivity index (χ0v) is 15.8. The Morgan fingerprint density at radius 3 is 2.74 bits per heavy atom. The van der Waals surface area contributed by atoms with Crippen molar-refractivity contribution in [1.82, 2.24) is 9.97 Å². The van der Waals surface area contributed by atoms with Crippen molar-refractivity contribution in [2.24, 2.45) is 5.92 Å². The third-order valence-corrected chi connectivity index (χ3v) is 5.29. The molecule has 4 rings (SSSR count). The number of nitrogens with zero attached hydrogens (tertiary/aromatic N) is 3. The van der Waals surface area contributed by atoms with E-state index in [2.05, 4.69) is 35.1 Å². The van der Waals surface area contributed by atoms with Gasteiger partial charge in [-0.1, -0.05) is 6.92 Å². The second-order valence-corrected chi connectivity index (χ2v) is 7.39. The first kappa shape index (κ1) is 17.5. The van der Waals surface area contributed by atoms with Crippen molar-refractivity contribution in [3.8, 4) is 0 Å². The van der Waals surface area contributed by atoms with Crippen LogP contribution in [0.2, 0.25) is 0 Å². The number of amides is 1. The molecule has 2 aromatic heterocycles. The molecule has 1 aliphatic rings. The van der Waals surface area contributed by atoms with Crippen LogP contribution in [0.15, 0.2) is 48.8 Å². The molecule has 1 saturated heterocycles. The van der Waals surface area contributed by atoms with Gasteiger partial charge in [0.05, 0.1) is 11.1 Å². The Bertz CT molecular complexity index is 963. The molecule has 0 spiro atoms. The van der Waals surface area contributed by atoms with Gasteiger partial charge in [0.2, 0.25) is 0 Å². The molecule has 1 aromatic carbocycles. The number of anilines is 2. The highest BCUT2D eigenvalue weighted by molar-refractivity contribution is 6.05. The minimum Gasteiger partial charge on any atom is -0.357 e. The summed E-state index contributed by atoms with van der Waals surface area (Å²) in [6, 6.07) is 11.6. The first-order valence-corrected chi connectivity index (χ1v) is 9.48. The molecule has 0 atom stereocenters. The second kappa shape index (κ2) is 7.35. The van der Waals surface area contributed by atoms with Gasteiger partial charge in [-0.05, 0) is 67.6 Å². The zero-order chi connectivity index (χ0) is 18.8. The van der Waals surface area contributed by atoms with Gasteiger partial charge in [-0.25, -0.2) is 4.98 Å². The lowest BCUT2D eigenvalue weighted by molar-refractivity contribution is 0.102. The summed E-state index contributed by atoms with van der Waals surface area (Å²) >= 11 is 0. The van der Waals surface area contributed by atoms with E-state index in [9.17, 15) is 4.79 Å². The molecule has 1 aliphatic heterocycles. The van der Waals surface area contributed by atoms with Crippen LogP contribution in [0.3, 0.4) is 0 Å². The molecule has 0 unspecified atom stereocenters. The molecule has 0 aliphatic carbocycles. The number of nitrogens with one attached hydrogen (secondary N) is 1. The van der Waals surface area contributed by atoms with E-state index in [4.69, 9.17) is 4.98 Å². The van der Waals surface area contributed by atoms with Crippen molar-refractivity contribution in [3.05, 3.63) is 59.9 Å². The number of aromatic nitrogens is 2. The van der Waals surface area contributed by atoms with Crippen molar-refractivity contribution in [2.75, 3.05) is 23.3 Å². The molecule has 138 valence electrons. The molecule has 3 heterocycles. The predicted octanol–water partition coefficient (Wildman–Crippen LogP) is 4.43. The first-order valence-electron chi connectivity index (χ1n) is 9.48. The van der Waals surface area contributed by atoms with Crippen LogP contribution in [-0.2, 0) is 0 Å². The highest BCUT2D eigenvalue weighted by atomic mass is 16.1. The molecular formula is C22H24N4O. The number of hydrogen-bond acceptors (Lipinski definition) is 4. The minimum absolute atomic E-state index is 0.160. The number of benzene rings is 1. The highest BCUT2D eigenvalue weighted by Gasteiger charge is 2.18. The van der Waals surface area contributed by atoms with Crippen LogP contribution in [0.4, 0.5) is 11.5 Å². The molecule has 0 saturated carbocycles. The van der Waals surface area contributed by atoms with E-state index < -0.39 is 0 Å². The minimum atomic E-state index is -0.160. The molecule has 1 amide bonds. The third kappa shape index (κ3) is 3.77. The Morgan fingerprint density at radius 2 is 2.00 bits per heavy atom. The van der Waals surface area contributed by atoms with Crippen LogP contribution in [0.5, 0.6) is 0 Å². The summed E-state index contributed by atoms with van der Waals surface area (Å²) in [4.78, 5) is 23.6. The Hall–Kier alpha value is -2.95. The van der Waals surface area contributed by atoms with E-state index in [-0.39, 0.29) is 5.91 Å². The fraction of sp³-hybridized carbons (Fsp3) is 0.318. The summed E-state index contributed by atoms with van der Waals surface area (Å²) < 4.78 is 0. The summed E-state index contributed by atoms with van der Waals surface area (Å²) in [5.74, 6) is 1.69. The average Bonchev–Trinajstić information content (AvgIpc) is 2.69. The van der Waals surface area contributed by atoms with Gasteiger partial charge in [0.1, 0.15) is 5.82 Å². The predicted molar refractivity (Wildman–Crippen MR) is 109 cm³/mol. The van der Waals surface area contributed by atoms with Crippen molar-refractivity contribution < 1.29 is 4.79 Å². The summed E-state index contributed by atoms with van der Waals surface area (Å²) in [7, 11) is 0. The molecule has 0 radical (unpaired) electrons. The monoisotopic (exact) mass is 360 g/mol. The van der Waals surface area contributed by atoms with E-state index in [0.717, 1.165) is 41.4 Å². The van der Waals surface area contributed by atoms with Crippen molar-refractivity contribution in [2.45, 2.75) is 26.7 Å². The quantitative estimate of drug-likeness (QED) is 0.751. The first-order chi connectivity index (χ1) is 13.1. The fourth-order valence-corrected chi connectivity index (χ4v) is 3.55. The van der Waals surface area contributed by atoms with Gasteiger partial charge in [0, 0.05) is 36.6 Å². The number of rotatable bonds is 3. The van der Waals surface area contributed by atoms with Crippen LogP contribution in [0.1, 0.15) is 35.7 Å². The Kier molecular flexibility index (Phi) is 4.75. The van der Waals surface area contributed by atoms with Gasteiger partial charge in [0.25, 0.3) is 5.91 Å². The molecule has 0 bridgehead atoms. The van der Waals surface area contributed by atoms with Crippen LogP contribution in [0.25, 0.3) is 10.9 Å². The number of aryl methyl sites for hydroxylation is 1. The molecule has 5 heteroatoms. The summed E-state index contributed by atoms with van der Waals surface area (Å²) in [5.41, 5.74) is 3.44. The molecule has 1 fully saturated rings. The Morgan fingerprint density at radius 1 is 1.19 bits per heavy atom. The molecular weight excluding hydrogens is 336 g/mol. The maximum absolute atomic E-state index is 12.3. The van der Waals surface area contributed by atoms with E-state index in [1.54, 1.807) is 24.5 Å². The third-order valence-electron chi connectivity index (χ3n) is 5.29. The fourth-order valence-electron chi connectivity index (χ4n) is 3.55. The van der Waals surface area contributed by atoms with Crippen molar-refractivity contribution in [3.63, 3.8) is 0 Å². The standard InChI is InChI=1S/C22H24N4O/c1-15-7-10-26(11-8-15)21-12-16(2)19-13-18(5-6-20(19)25-21)24-22(27)17-4-3-9-23-14-17/h3-6,9,12-15H,7-8,10-11H2,1-2H3,(H,24,27). The Balaban J connectivity index is 1.58. The van der Waals surface area contributed by atoms with Gasteiger partial charge >= 0.3 is 0 Å². The highest BCUT2D eigenvalue weighted by Crippen LogP contribution is 2.28. The van der Waals surface area contributed by atoms with Gasteiger partial charge in [0.15, 0.2) is 0 Å². The number of pyridine rings is 2. The average molecular weight is 360 g/mol. The van der Waals surface area contributed by atoms with Gasteiger partial charge in [-0.15, -0.1) is 0 Å². The SMILES string of the molecule is Cc1cc(N2CCC(C)CC2)nc2ccc(NC(=O)c3cccnc3)cc12.